The Hall–Kier alpha value is -2.69. The number of hydrogen-bond donors (Lipinski definition) is 0. The second-order valence-corrected chi connectivity index (χ2v) is 6.42. The molecular formula is C20H20FNO3. The average Bonchev–Trinajstić information content (AvgIpc) is 2.97. The van der Waals surface area contributed by atoms with Crippen molar-refractivity contribution >= 4 is 12.0 Å². The number of cyclic esters (lactones) is 1. The molecule has 1 aliphatic rings. The van der Waals surface area contributed by atoms with Gasteiger partial charge in [0.05, 0.1) is 6.04 Å². The zero-order valence-corrected chi connectivity index (χ0v) is 14.2. The van der Waals surface area contributed by atoms with E-state index in [9.17, 15) is 14.0 Å². The molecule has 0 saturated carbocycles. The lowest BCUT2D eigenvalue weighted by Gasteiger charge is -2.37. The Morgan fingerprint density at radius 2 is 1.56 bits per heavy atom. The second-order valence-electron chi connectivity index (χ2n) is 6.42. The first-order valence-corrected chi connectivity index (χ1v) is 8.24. The lowest BCUT2D eigenvalue weighted by atomic mass is 9.76. The van der Waals surface area contributed by atoms with E-state index in [4.69, 9.17) is 4.74 Å². The topological polar surface area (TPSA) is 46.6 Å². The van der Waals surface area contributed by atoms with E-state index in [0.717, 1.165) is 16.0 Å². The molecule has 1 unspecified atom stereocenters. The van der Waals surface area contributed by atoms with Crippen LogP contribution in [0.5, 0.6) is 0 Å². The molecule has 0 N–H and O–H groups in total. The highest BCUT2D eigenvalue weighted by Gasteiger charge is 2.59. The standard InChI is InChI=1S/C20H20FNO3/c1-14(2)18-20(15-9-5-3-6-10-15,16-11-7-4-8-12-16)25-19(24)22(18)17(23)13-21/h3-12,14,18H,13H2,1-2H3. The summed E-state index contributed by atoms with van der Waals surface area (Å²) in [5.74, 6) is -1.01. The number of amides is 2. The quantitative estimate of drug-likeness (QED) is 0.847. The first kappa shape index (κ1) is 17.1. The van der Waals surface area contributed by atoms with Crippen LogP contribution < -0.4 is 0 Å². The molecule has 0 radical (unpaired) electrons. The summed E-state index contributed by atoms with van der Waals surface area (Å²) in [4.78, 5) is 25.6. The van der Waals surface area contributed by atoms with Crippen LogP contribution in [0.25, 0.3) is 0 Å². The Balaban J connectivity index is 2.27. The molecule has 2 aromatic carbocycles. The zero-order valence-electron chi connectivity index (χ0n) is 14.2. The number of benzene rings is 2. The predicted octanol–water partition coefficient (Wildman–Crippen LogP) is 3.90. The van der Waals surface area contributed by atoms with Gasteiger partial charge in [-0.2, -0.15) is 0 Å². The van der Waals surface area contributed by atoms with Crippen molar-refractivity contribution in [2.45, 2.75) is 25.5 Å². The summed E-state index contributed by atoms with van der Waals surface area (Å²) < 4.78 is 18.9. The number of ether oxygens (including phenoxy) is 1. The number of imide groups is 1. The maximum Gasteiger partial charge on any atom is 0.418 e. The Morgan fingerprint density at radius 3 is 1.96 bits per heavy atom. The maximum absolute atomic E-state index is 13.1. The number of halogens is 1. The molecule has 1 atom stereocenters. The van der Waals surface area contributed by atoms with Gasteiger partial charge in [-0.1, -0.05) is 74.5 Å². The lowest BCUT2D eigenvalue weighted by Crippen LogP contribution is -2.50. The van der Waals surface area contributed by atoms with Crippen molar-refractivity contribution in [3.05, 3.63) is 71.8 Å². The molecule has 0 bridgehead atoms. The number of hydrogen-bond acceptors (Lipinski definition) is 3. The van der Waals surface area contributed by atoms with Crippen LogP contribution in [-0.4, -0.2) is 29.6 Å². The summed E-state index contributed by atoms with van der Waals surface area (Å²) in [5, 5.41) is 0. The van der Waals surface area contributed by atoms with Crippen molar-refractivity contribution in [2.24, 2.45) is 5.92 Å². The van der Waals surface area contributed by atoms with E-state index in [1.54, 1.807) is 0 Å². The van der Waals surface area contributed by atoms with Crippen molar-refractivity contribution in [3.8, 4) is 0 Å². The molecule has 1 saturated heterocycles. The molecule has 5 heteroatoms. The summed E-state index contributed by atoms with van der Waals surface area (Å²) in [6.45, 7) is 2.55. The summed E-state index contributed by atoms with van der Waals surface area (Å²) >= 11 is 0. The van der Waals surface area contributed by atoms with E-state index in [0.29, 0.717) is 0 Å². The summed E-state index contributed by atoms with van der Waals surface area (Å²) in [5.41, 5.74) is 0.336. The van der Waals surface area contributed by atoms with E-state index >= 15 is 0 Å². The van der Waals surface area contributed by atoms with Crippen LogP contribution in [0.3, 0.4) is 0 Å². The van der Waals surface area contributed by atoms with Crippen LogP contribution >= 0.6 is 0 Å². The fourth-order valence-corrected chi connectivity index (χ4v) is 3.63. The Labute approximate surface area is 146 Å². The fraction of sp³-hybridized carbons (Fsp3) is 0.300. The summed E-state index contributed by atoms with van der Waals surface area (Å²) in [7, 11) is 0. The van der Waals surface area contributed by atoms with Crippen LogP contribution in [0, 0.1) is 5.92 Å². The van der Waals surface area contributed by atoms with Gasteiger partial charge in [0, 0.05) is 11.1 Å². The molecule has 25 heavy (non-hydrogen) atoms. The van der Waals surface area contributed by atoms with Gasteiger partial charge in [0.2, 0.25) is 0 Å². The second kappa shape index (κ2) is 6.67. The van der Waals surface area contributed by atoms with Crippen LogP contribution in [0.1, 0.15) is 25.0 Å². The molecule has 2 aromatic rings. The van der Waals surface area contributed by atoms with Crippen molar-refractivity contribution in [1.29, 1.82) is 0 Å². The van der Waals surface area contributed by atoms with Crippen LogP contribution in [0.4, 0.5) is 9.18 Å². The summed E-state index contributed by atoms with van der Waals surface area (Å²) in [6, 6.07) is 17.9. The van der Waals surface area contributed by atoms with E-state index in [1.807, 2.05) is 74.5 Å². The highest BCUT2D eigenvalue weighted by atomic mass is 19.1. The Morgan fingerprint density at radius 1 is 1.08 bits per heavy atom. The van der Waals surface area contributed by atoms with Crippen molar-refractivity contribution < 1.29 is 18.7 Å². The third kappa shape index (κ3) is 2.69. The number of carbonyl (C=O) groups is 2. The molecular weight excluding hydrogens is 321 g/mol. The number of rotatable bonds is 4. The smallest absolute Gasteiger partial charge is 0.418 e. The number of carbonyl (C=O) groups excluding carboxylic acids is 2. The maximum atomic E-state index is 13.1. The van der Waals surface area contributed by atoms with Gasteiger partial charge in [0.25, 0.3) is 5.91 Å². The van der Waals surface area contributed by atoms with Crippen LogP contribution in [0.15, 0.2) is 60.7 Å². The fourth-order valence-electron chi connectivity index (χ4n) is 3.63. The van der Waals surface area contributed by atoms with Crippen LogP contribution in [-0.2, 0) is 15.1 Å². The lowest BCUT2D eigenvalue weighted by molar-refractivity contribution is -0.131. The van der Waals surface area contributed by atoms with Gasteiger partial charge in [0.1, 0.15) is 0 Å². The van der Waals surface area contributed by atoms with Gasteiger partial charge in [0.15, 0.2) is 12.3 Å². The first-order chi connectivity index (χ1) is 12.0. The SMILES string of the molecule is CC(C)C1N(C(=O)CF)C(=O)OC1(c1ccccc1)c1ccccc1. The molecule has 2 amide bonds. The molecule has 0 spiro atoms. The molecule has 1 fully saturated rings. The van der Waals surface area contributed by atoms with Gasteiger partial charge < -0.3 is 4.74 Å². The summed E-state index contributed by atoms with van der Waals surface area (Å²) in [6.07, 6.45) is -0.811. The van der Waals surface area contributed by atoms with Gasteiger partial charge in [-0.05, 0) is 5.92 Å². The van der Waals surface area contributed by atoms with E-state index in [2.05, 4.69) is 0 Å². The molecule has 130 valence electrons. The third-order valence-electron chi connectivity index (χ3n) is 4.56. The highest BCUT2D eigenvalue weighted by Crippen LogP contribution is 2.47. The zero-order chi connectivity index (χ0) is 18.0. The average molecular weight is 341 g/mol. The van der Waals surface area contributed by atoms with Gasteiger partial charge in [-0.15, -0.1) is 0 Å². The van der Waals surface area contributed by atoms with E-state index in [1.165, 1.54) is 0 Å². The van der Waals surface area contributed by atoms with Gasteiger partial charge in [-0.3, -0.25) is 4.79 Å². The normalized spacial score (nSPS) is 19.1. The third-order valence-corrected chi connectivity index (χ3v) is 4.56. The molecule has 4 nitrogen and oxygen atoms in total. The van der Waals surface area contributed by atoms with Crippen LogP contribution in [0.2, 0.25) is 0 Å². The van der Waals surface area contributed by atoms with Crippen molar-refractivity contribution in [1.82, 2.24) is 4.90 Å². The number of alkyl halides is 1. The number of nitrogens with zero attached hydrogens (tertiary/aromatic N) is 1. The minimum atomic E-state index is -1.24. The van der Waals surface area contributed by atoms with Crippen molar-refractivity contribution in [3.63, 3.8) is 0 Å². The minimum Gasteiger partial charge on any atom is -0.430 e. The monoisotopic (exact) mass is 341 g/mol. The first-order valence-electron chi connectivity index (χ1n) is 8.24. The van der Waals surface area contributed by atoms with E-state index in [-0.39, 0.29) is 5.92 Å². The molecule has 1 aliphatic heterocycles. The highest BCUT2D eigenvalue weighted by molar-refractivity contribution is 5.95. The van der Waals surface area contributed by atoms with E-state index < -0.39 is 30.3 Å². The predicted molar refractivity (Wildman–Crippen MR) is 91.6 cm³/mol. The Kier molecular flexibility index (Phi) is 4.57. The molecule has 0 aliphatic carbocycles. The van der Waals surface area contributed by atoms with Gasteiger partial charge >= 0.3 is 6.09 Å². The molecule has 1 heterocycles. The molecule has 0 aromatic heterocycles. The Bertz CT molecular complexity index is 722. The van der Waals surface area contributed by atoms with Gasteiger partial charge in [-0.25, -0.2) is 14.1 Å². The largest absolute Gasteiger partial charge is 0.430 e. The molecule has 3 rings (SSSR count). The minimum absolute atomic E-state index is 0.137. The van der Waals surface area contributed by atoms with Crippen molar-refractivity contribution in [2.75, 3.05) is 6.67 Å².